The highest BCUT2D eigenvalue weighted by atomic mass is 16.5. The molecule has 1 aliphatic heterocycles. The minimum Gasteiger partial charge on any atom is -0.497 e. The van der Waals surface area contributed by atoms with Gasteiger partial charge >= 0.3 is 0 Å². The smallest absolute Gasteiger partial charge is 0.223 e. The molecule has 4 nitrogen and oxygen atoms in total. The molecule has 1 unspecified atom stereocenters. The van der Waals surface area contributed by atoms with E-state index in [1.807, 2.05) is 12.1 Å². The Morgan fingerprint density at radius 3 is 2.59 bits per heavy atom. The van der Waals surface area contributed by atoms with E-state index in [4.69, 9.17) is 4.74 Å². The molecule has 120 valence electrons. The lowest BCUT2D eigenvalue weighted by Gasteiger charge is -2.29. The Labute approximate surface area is 132 Å². The maximum atomic E-state index is 12.6. The molecule has 3 rings (SSSR count). The largest absolute Gasteiger partial charge is 0.497 e. The molecule has 1 aliphatic carbocycles. The van der Waals surface area contributed by atoms with Gasteiger partial charge in [0.2, 0.25) is 5.91 Å². The second-order valence-corrected chi connectivity index (χ2v) is 6.67. The van der Waals surface area contributed by atoms with Gasteiger partial charge in [-0.05, 0) is 62.8 Å². The molecule has 2 N–H and O–H groups in total. The molecule has 3 atom stereocenters. The summed E-state index contributed by atoms with van der Waals surface area (Å²) in [5.74, 6) is 1.82. The lowest BCUT2D eigenvalue weighted by molar-refractivity contribution is -0.127. The average Bonchev–Trinajstić information content (AvgIpc) is 3.37. The second kappa shape index (κ2) is 6.69. The lowest BCUT2D eigenvalue weighted by atomic mass is 9.91. The van der Waals surface area contributed by atoms with E-state index in [9.17, 15) is 4.79 Å². The van der Waals surface area contributed by atoms with Crippen LogP contribution in [0.25, 0.3) is 0 Å². The quantitative estimate of drug-likeness (QED) is 0.879. The van der Waals surface area contributed by atoms with Gasteiger partial charge in [-0.25, -0.2) is 0 Å². The predicted molar refractivity (Wildman–Crippen MR) is 86.8 cm³/mol. The number of carbonyl (C=O) groups is 1. The molecular formula is C18H26N2O2. The zero-order valence-electron chi connectivity index (χ0n) is 13.5. The number of hydrogen-bond donors (Lipinski definition) is 2. The van der Waals surface area contributed by atoms with E-state index >= 15 is 0 Å². The van der Waals surface area contributed by atoms with E-state index in [1.165, 1.54) is 18.4 Å². The molecule has 1 saturated carbocycles. The summed E-state index contributed by atoms with van der Waals surface area (Å²) in [5, 5.41) is 6.72. The third kappa shape index (κ3) is 3.61. The van der Waals surface area contributed by atoms with Crippen LogP contribution in [-0.2, 0) is 4.79 Å². The first kappa shape index (κ1) is 15.3. The monoisotopic (exact) mass is 302 g/mol. The first-order valence-corrected chi connectivity index (χ1v) is 8.35. The Balaban J connectivity index is 1.67. The average molecular weight is 302 g/mol. The normalized spacial score (nSPS) is 26.3. The summed E-state index contributed by atoms with van der Waals surface area (Å²) in [6.45, 7) is 3.09. The Morgan fingerprint density at radius 1 is 1.27 bits per heavy atom. The van der Waals surface area contributed by atoms with Crippen LogP contribution in [0.5, 0.6) is 5.75 Å². The van der Waals surface area contributed by atoms with Crippen LogP contribution in [0.1, 0.15) is 44.2 Å². The van der Waals surface area contributed by atoms with Crippen LogP contribution >= 0.6 is 0 Å². The number of rotatable bonds is 5. The zero-order valence-corrected chi connectivity index (χ0v) is 13.5. The van der Waals surface area contributed by atoms with Crippen LogP contribution < -0.4 is 15.4 Å². The van der Waals surface area contributed by atoms with Crippen molar-refractivity contribution >= 4 is 5.91 Å². The summed E-state index contributed by atoms with van der Waals surface area (Å²) >= 11 is 0. The van der Waals surface area contributed by atoms with Gasteiger partial charge in [0.15, 0.2) is 0 Å². The fourth-order valence-electron chi connectivity index (χ4n) is 3.36. The molecule has 2 fully saturated rings. The van der Waals surface area contributed by atoms with Crippen LogP contribution in [-0.4, -0.2) is 25.6 Å². The van der Waals surface area contributed by atoms with Gasteiger partial charge in [0, 0.05) is 12.0 Å². The molecule has 0 bridgehead atoms. The maximum absolute atomic E-state index is 12.6. The number of nitrogens with one attached hydrogen (secondary N) is 2. The summed E-state index contributed by atoms with van der Waals surface area (Å²) in [7, 11) is 1.67. The number of amides is 1. The Bertz CT molecular complexity index is 510. The first-order chi connectivity index (χ1) is 10.7. The Kier molecular flexibility index (Phi) is 4.67. The molecule has 1 saturated heterocycles. The maximum Gasteiger partial charge on any atom is 0.223 e. The van der Waals surface area contributed by atoms with Crippen molar-refractivity contribution in [2.24, 2.45) is 11.8 Å². The van der Waals surface area contributed by atoms with Gasteiger partial charge in [0.25, 0.3) is 0 Å². The van der Waals surface area contributed by atoms with Crippen molar-refractivity contribution < 1.29 is 9.53 Å². The van der Waals surface area contributed by atoms with Crippen molar-refractivity contribution in [2.45, 2.75) is 44.7 Å². The molecule has 1 amide bonds. The van der Waals surface area contributed by atoms with E-state index < -0.39 is 0 Å². The van der Waals surface area contributed by atoms with Gasteiger partial charge in [0.1, 0.15) is 5.75 Å². The van der Waals surface area contributed by atoms with E-state index in [-0.39, 0.29) is 17.9 Å². The summed E-state index contributed by atoms with van der Waals surface area (Å²) in [5.41, 5.74) is 1.19. The van der Waals surface area contributed by atoms with Crippen molar-refractivity contribution in [3.63, 3.8) is 0 Å². The number of carbonyl (C=O) groups excluding carboxylic acids is 1. The van der Waals surface area contributed by atoms with Crippen LogP contribution in [0.3, 0.4) is 0 Å². The van der Waals surface area contributed by atoms with Crippen LogP contribution in [0.15, 0.2) is 24.3 Å². The van der Waals surface area contributed by atoms with Gasteiger partial charge in [-0.3, -0.25) is 4.79 Å². The minimum atomic E-state index is 0.149. The molecule has 4 heteroatoms. The van der Waals surface area contributed by atoms with Crippen molar-refractivity contribution in [3.8, 4) is 5.75 Å². The van der Waals surface area contributed by atoms with E-state index in [1.54, 1.807) is 7.11 Å². The van der Waals surface area contributed by atoms with Crippen molar-refractivity contribution in [2.75, 3.05) is 13.7 Å². The van der Waals surface area contributed by atoms with Crippen LogP contribution in [0.4, 0.5) is 0 Å². The van der Waals surface area contributed by atoms with Gasteiger partial charge < -0.3 is 15.4 Å². The highest BCUT2D eigenvalue weighted by Crippen LogP contribution is 2.41. The third-order valence-electron chi connectivity index (χ3n) is 4.86. The molecule has 0 spiro atoms. The number of ether oxygens (including phenoxy) is 1. The Morgan fingerprint density at radius 2 is 2.00 bits per heavy atom. The Hall–Kier alpha value is -1.55. The van der Waals surface area contributed by atoms with Gasteiger partial charge in [0.05, 0.1) is 13.2 Å². The number of piperidine rings is 1. The molecule has 0 radical (unpaired) electrons. The van der Waals surface area contributed by atoms with Crippen LogP contribution in [0, 0.1) is 11.8 Å². The highest BCUT2D eigenvalue weighted by Gasteiger charge is 2.35. The molecule has 22 heavy (non-hydrogen) atoms. The molecule has 1 aromatic carbocycles. The molecule has 2 aliphatic rings. The molecule has 1 heterocycles. The summed E-state index contributed by atoms with van der Waals surface area (Å²) in [6, 6.07) is 8.70. The van der Waals surface area contributed by atoms with Crippen molar-refractivity contribution in [1.29, 1.82) is 0 Å². The fraction of sp³-hybridized carbons (Fsp3) is 0.611. The van der Waals surface area contributed by atoms with Crippen molar-refractivity contribution in [1.82, 2.24) is 10.6 Å². The summed E-state index contributed by atoms with van der Waals surface area (Å²) in [6.07, 6.45) is 4.29. The zero-order chi connectivity index (χ0) is 15.5. The summed E-state index contributed by atoms with van der Waals surface area (Å²) in [4.78, 5) is 12.6. The molecule has 1 aromatic rings. The van der Waals surface area contributed by atoms with E-state index in [0.717, 1.165) is 25.1 Å². The second-order valence-electron chi connectivity index (χ2n) is 6.67. The lowest BCUT2D eigenvalue weighted by Crippen LogP contribution is -2.43. The standard InChI is InChI=1S/C18H26N2O2/c1-12-11-15(9-10-19-12)18(21)20-17(13-3-4-13)14-5-7-16(22-2)8-6-14/h5-8,12-13,15,17,19H,3-4,9-11H2,1-2H3,(H,20,21)/t12-,15-,17?/m0/s1. The number of hydrogen-bond acceptors (Lipinski definition) is 3. The van der Waals surface area contributed by atoms with Gasteiger partial charge in [-0.2, -0.15) is 0 Å². The van der Waals surface area contributed by atoms with E-state index in [0.29, 0.717) is 12.0 Å². The number of methoxy groups -OCH3 is 1. The first-order valence-electron chi connectivity index (χ1n) is 8.35. The molecular weight excluding hydrogens is 276 g/mol. The fourth-order valence-corrected chi connectivity index (χ4v) is 3.36. The predicted octanol–water partition coefficient (Wildman–Crippen LogP) is 2.65. The van der Waals surface area contributed by atoms with Crippen LogP contribution in [0.2, 0.25) is 0 Å². The summed E-state index contributed by atoms with van der Waals surface area (Å²) < 4.78 is 5.22. The number of benzene rings is 1. The molecule has 0 aromatic heterocycles. The SMILES string of the molecule is COc1ccc(C(NC(=O)[C@H]2CCN[C@@H](C)C2)C2CC2)cc1. The van der Waals surface area contributed by atoms with Gasteiger partial charge in [-0.15, -0.1) is 0 Å². The van der Waals surface area contributed by atoms with Crippen molar-refractivity contribution in [3.05, 3.63) is 29.8 Å². The van der Waals surface area contributed by atoms with E-state index in [2.05, 4.69) is 29.7 Å². The highest BCUT2D eigenvalue weighted by molar-refractivity contribution is 5.79. The van der Waals surface area contributed by atoms with Gasteiger partial charge in [-0.1, -0.05) is 12.1 Å². The third-order valence-corrected chi connectivity index (χ3v) is 4.86. The topological polar surface area (TPSA) is 50.4 Å². The minimum absolute atomic E-state index is 0.149.